The first-order chi connectivity index (χ1) is 22.4. The monoisotopic (exact) mass is 640 g/mol. The number of nitrogens with zero attached hydrogens (tertiary/aromatic N) is 5. The van der Waals surface area contributed by atoms with E-state index in [1.165, 1.54) is 0 Å². The van der Waals surface area contributed by atoms with Crippen LogP contribution in [-0.2, 0) is 0 Å². The maximum absolute atomic E-state index is 12.5. The van der Waals surface area contributed by atoms with Crippen LogP contribution in [0.25, 0.3) is 12.2 Å². The van der Waals surface area contributed by atoms with Gasteiger partial charge in [0.2, 0.25) is 11.9 Å². The molecule has 0 unspecified atom stereocenters. The van der Waals surface area contributed by atoms with Gasteiger partial charge in [-0.1, -0.05) is 36.4 Å². The van der Waals surface area contributed by atoms with Gasteiger partial charge in [0.05, 0.1) is 0 Å². The summed E-state index contributed by atoms with van der Waals surface area (Å²) in [4.78, 5) is 37.7. The molecule has 0 aliphatic carbocycles. The van der Waals surface area contributed by atoms with E-state index in [1.54, 1.807) is 54.6 Å². The fourth-order valence-corrected chi connectivity index (χ4v) is 4.19. The highest BCUT2D eigenvalue weighted by Gasteiger charge is 2.38. The zero-order valence-electron chi connectivity index (χ0n) is 25.6. The third kappa shape index (κ3) is 10.9. The zero-order valence-corrected chi connectivity index (χ0v) is 25.6. The molecule has 5 rings (SSSR count). The second-order valence-corrected chi connectivity index (χ2v) is 9.87. The first kappa shape index (κ1) is 35.1. The highest BCUT2D eigenvalue weighted by Crippen LogP contribution is 2.36. The topological polar surface area (TPSA) is 203 Å². The van der Waals surface area contributed by atoms with Crippen molar-refractivity contribution in [3.8, 4) is 12.3 Å². The molecule has 0 saturated carbocycles. The summed E-state index contributed by atoms with van der Waals surface area (Å²) < 4.78 is 0. The average molecular weight is 641 g/mol. The molecule has 1 aliphatic rings. The minimum Gasteiger partial charge on any atom is -0.412 e. The summed E-state index contributed by atoms with van der Waals surface area (Å²) in [5.74, 6) is 3.16. The Balaban J connectivity index is 0. The molecule has 2 heterocycles. The van der Waals surface area contributed by atoms with E-state index in [1.807, 2.05) is 36.4 Å². The molecular weight excluding hydrogens is 596 g/mol. The summed E-state index contributed by atoms with van der Waals surface area (Å²) in [6.45, 7) is 6.43. The lowest BCUT2D eigenvalue weighted by atomic mass is 10.0. The van der Waals surface area contributed by atoms with Crippen molar-refractivity contribution in [2.24, 2.45) is 10.2 Å². The molecule has 1 aliphatic heterocycles. The number of nitrogens with one attached hydrogen (secondary N) is 4. The van der Waals surface area contributed by atoms with Crippen LogP contribution in [0.5, 0.6) is 0 Å². The molecule has 3 aromatic carbocycles. The lowest BCUT2D eigenvalue weighted by Gasteiger charge is -2.11. The van der Waals surface area contributed by atoms with E-state index in [2.05, 4.69) is 65.5 Å². The number of carbonyl (C=O) groups excluding carboxylic acids is 2. The molecule has 0 fully saturated rings. The molecule has 0 radical (unpaired) electrons. The Morgan fingerprint density at radius 2 is 1.47 bits per heavy atom. The summed E-state index contributed by atoms with van der Waals surface area (Å²) >= 11 is 0. The highest BCUT2D eigenvalue weighted by atomic mass is 16.2. The van der Waals surface area contributed by atoms with Crippen molar-refractivity contribution in [2.75, 3.05) is 28.2 Å². The Kier molecular flexibility index (Phi) is 12.8. The van der Waals surface area contributed by atoms with Gasteiger partial charge in [0.25, 0.3) is 5.91 Å². The molecule has 4 aromatic rings. The second kappa shape index (κ2) is 17.2. The zero-order chi connectivity index (χ0) is 32.8. The number of anilines is 5. The molecule has 13 nitrogen and oxygen atoms in total. The number of hydrogen-bond acceptors (Lipinski definition) is 9. The number of carbonyl (C=O) groups is 2. The Hall–Kier alpha value is -6.39. The molecular formula is C34H44N10O3. The van der Waals surface area contributed by atoms with Crippen molar-refractivity contribution in [1.82, 2.24) is 20.3 Å². The van der Waals surface area contributed by atoms with Crippen LogP contribution in [-0.4, -0.2) is 44.6 Å². The van der Waals surface area contributed by atoms with Gasteiger partial charge in [-0.25, -0.2) is 4.79 Å². The molecule has 1 aromatic heterocycles. The van der Waals surface area contributed by atoms with Gasteiger partial charge in [-0.3, -0.25) is 4.79 Å². The number of urea groups is 1. The maximum Gasteiger partial charge on any atom is 0.323 e. The fourth-order valence-electron chi connectivity index (χ4n) is 4.19. The summed E-state index contributed by atoms with van der Waals surface area (Å²) in [5, 5.41) is 19.6. The lowest BCUT2D eigenvalue weighted by molar-refractivity contribution is 0.0952. The van der Waals surface area contributed by atoms with Crippen molar-refractivity contribution in [3.63, 3.8) is 0 Å². The van der Waals surface area contributed by atoms with Crippen LogP contribution in [0.4, 0.5) is 33.8 Å². The summed E-state index contributed by atoms with van der Waals surface area (Å²) in [5.41, 5.74) is 8.71. The maximum atomic E-state index is 12.5. The van der Waals surface area contributed by atoms with Gasteiger partial charge in [0.1, 0.15) is 0 Å². The van der Waals surface area contributed by atoms with Gasteiger partial charge in [-0.2, -0.15) is 25.2 Å². The summed E-state index contributed by atoms with van der Waals surface area (Å²) in [6, 6.07) is 22.9. The van der Waals surface area contributed by atoms with Crippen molar-refractivity contribution >= 4 is 53.0 Å². The first-order valence-electron chi connectivity index (χ1n) is 14.4. The van der Waals surface area contributed by atoms with E-state index in [4.69, 9.17) is 12.2 Å². The van der Waals surface area contributed by atoms with Gasteiger partial charge in [0.15, 0.2) is 11.5 Å². The third-order valence-electron chi connectivity index (χ3n) is 6.56. The fraction of sp³-hybridized carbons (Fsp3) is 0.147. The molecule has 8 N–H and O–H groups in total. The predicted molar refractivity (Wildman–Crippen MR) is 194 cm³/mol. The summed E-state index contributed by atoms with van der Waals surface area (Å²) in [7, 11) is 0. The largest absolute Gasteiger partial charge is 0.412 e. The van der Waals surface area contributed by atoms with E-state index in [0.29, 0.717) is 60.2 Å². The van der Waals surface area contributed by atoms with Crippen LogP contribution in [0, 0.1) is 12.3 Å². The van der Waals surface area contributed by atoms with Crippen LogP contribution in [0.15, 0.2) is 102 Å². The quantitative estimate of drug-likeness (QED) is 0.0839. The van der Waals surface area contributed by atoms with Crippen LogP contribution in [0.1, 0.15) is 46.7 Å². The second-order valence-electron chi connectivity index (χ2n) is 9.87. The van der Waals surface area contributed by atoms with E-state index < -0.39 is 11.7 Å². The van der Waals surface area contributed by atoms with Crippen molar-refractivity contribution < 1.29 is 20.8 Å². The van der Waals surface area contributed by atoms with Gasteiger partial charge in [0, 0.05) is 54.1 Å². The number of terminal acetylenes is 1. The van der Waals surface area contributed by atoms with Crippen LogP contribution in [0.2, 0.25) is 0 Å². The van der Waals surface area contributed by atoms with Crippen molar-refractivity contribution in [2.45, 2.75) is 24.9 Å². The Morgan fingerprint density at radius 3 is 2.09 bits per heavy atom. The standard InChI is InChI=1S/C32H30N10O2.C2H4.H2O.4H2/c1-2-3-19-32(41-42-32)20-21-34-28(43)23-10-12-25(13-11-23)36-31(44)37-26-16-14-24(15-17-26)35-30-39-27(38-29(33)40-30)18-9-22-7-5-4-6-8-22;1-2;;;;;/h1,4-18H,3,19-21H2,(H,34,43)(H2,36,37,44)(H3,33,35,38,39,40);1-2H2;1H2;4*1H/b18-9+;;;;;;. The van der Waals surface area contributed by atoms with E-state index in [9.17, 15) is 9.59 Å². The first-order valence-corrected chi connectivity index (χ1v) is 14.4. The number of amides is 3. The molecule has 248 valence electrons. The Labute approximate surface area is 278 Å². The van der Waals surface area contributed by atoms with Crippen molar-refractivity contribution in [3.05, 3.63) is 109 Å². The van der Waals surface area contributed by atoms with Gasteiger partial charge in [-0.15, -0.1) is 25.5 Å². The third-order valence-corrected chi connectivity index (χ3v) is 6.56. The number of nitrogen functional groups attached to an aromatic ring is 1. The number of rotatable bonds is 12. The number of nitrogens with two attached hydrogens (primary N) is 1. The lowest BCUT2D eigenvalue weighted by Crippen LogP contribution is -2.28. The average Bonchev–Trinajstić information content (AvgIpc) is 3.85. The van der Waals surface area contributed by atoms with Crippen LogP contribution in [0.3, 0.4) is 0 Å². The highest BCUT2D eigenvalue weighted by molar-refractivity contribution is 6.00. The number of hydrogen-bond donors (Lipinski definition) is 5. The van der Waals surface area contributed by atoms with Gasteiger partial charge < -0.3 is 32.5 Å². The smallest absolute Gasteiger partial charge is 0.323 e. The molecule has 47 heavy (non-hydrogen) atoms. The number of aromatic nitrogens is 3. The van der Waals surface area contributed by atoms with Crippen LogP contribution < -0.4 is 27.0 Å². The molecule has 0 spiro atoms. The SMILES string of the molecule is C#CCCC1(CCNC(=O)c2ccc(NC(=O)Nc3ccc(Nc4nc(N)nc(/C=C/c5ccccc5)n4)cc3)cc2)N=N1.C=C.O.[HH].[HH].[HH].[HH]. The predicted octanol–water partition coefficient (Wildman–Crippen LogP) is 6.67. The van der Waals surface area contributed by atoms with E-state index >= 15 is 0 Å². The minimum absolute atomic E-state index is 0. The van der Waals surface area contributed by atoms with E-state index in [-0.39, 0.29) is 23.0 Å². The Bertz CT molecular complexity index is 1750. The molecule has 13 heteroatoms. The van der Waals surface area contributed by atoms with Gasteiger partial charge in [-0.05, 0) is 60.2 Å². The molecule has 0 bridgehead atoms. The van der Waals surface area contributed by atoms with E-state index in [0.717, 1.165) is 5.56 Å². The Morgan fingerprint density at radius 1 is 0.851 bits per heavy atom. The normalized spacial score (nSPS) is 12.0. The van der Waals surface area contributed by atoms with Crippen molar-refractivity contribution in [1.29, 1.82) is 0 Å². The molecule has 3 amide bonds. The van der Waals surface area contributed by atoms with Crippen LogP contribution >= 0.6 is 0 Å². The number of benzene rings is 3. The molecule has 0 saturated heterocycles. The minimum atomic E-state index is -0.440. The van der Waals surface area contributed by atoms with Gasteiger partial charge >= 0.3 is 6.03 Å². The molecule has 0 atom stereocenters. The summed E-state index contributed by atoms with van der Waals surface area (Å²) in [6.07, 6.45) is 10.8.